The summed E-state index contributed by atoms with van der Waals surface area (Å²) in [5.74, 6) is 0.385. The third-order valence-corrected chi connectivity index (χ3v) is 5.32. The first-order valence-electron chi connectivity index (χ1n) is 9.39. The van der Waals surface area contributed by atoms with Crippen LogP contribution in [-0.4, -0.2) is 29.8 Å². The Hall–Kier alpha value is -2.33. The van der Waals surface area contributed by atoms with Crippen LogP contribution in [0.25, 0.3) is 0 Å². The van der Waals surface area contributed by atoms with E-state index in [1.165, 1.54) is 5.56 Å². The molecule has 0 spiro atoms. The number of hydrogen-bond acceptors (Lipinski definition) is 2. The average molecular weight is 385 g/mol. The number of halogens is 1. The minimum absolute atomic E-state index is 0.00448. The third-order valence-electron chi connectivity index (χ3n) is 5.06. The molecular weight excluding hydrogens is 360 g/mol. The summed E-state index contributed by atoms with van der Waals surface area (Å²) in [5, 5.41) is 3.65. The van der Waals surface area contributed by atoms with Crippen molar-refractivity contribution >= 4 is 29.1 Å². The summed E-state index contributed by atoms with van der Waals surface area (Å²) in [6.45, 7) is 5.44. The van der Waals surface area contributed by atoms with Crippen LogP contribution in [0.15, 0.2) is 48.5 Å². The molecule has 142 valence electrons. The lowest BCUT2D eigenvalue weighted by Crippen LogP contribution is -2.41. The van der Waals surface area contributed by atoms with Crippen LogP contribution in [0.2, 0.25) is 5.02 Å². The fourth-order valence-electron chi connectivity index (χ4n) is 3.34. The smallest absolute Gasteiger partial charge is 0.253 e. The van der Waals surface area contributed by atoms with E-state index in [4.69, 9.17) is 11.6 Å². The van der Waals surface area contributed by atoms with Crippen LogP contribution in [0, 0.1) is 5.92 Å². The van der Waals surface area contributed by atoms with Gasteiger partial charge in [0, 0.05) is 35.3 Å². The molecule has 0 aromatic heterocycles. The van der Waals surface area contributed by atoms with Gasteiger partial charge in [-0.15, -0.1) is 0 Å². The van der Waals surface area contributed by atoms with Crippen molar-refractivity contribution in [2.45, 2.75) is 32.6 Å². The fraction of sp³-hybridized carbons (Fsp3) is 0.364. The maximum Gasteiger partial charge on any atom is 0.253 e. The molecule has 1 aliphatic heterocycles. The first-order chi connectivity index (χ1) is 12.9. The molecule has 3 rings (SSSR count). The highest BCUT2D eigenvalue weighted by molar-refractivity contribution is 6.30. The van der Waals surface area contributed by atoms with Crippen molar-refractivity contribution < 1.29 is 9.59 Å². The minimum atomic E-state index is -0.0676. The standard InChI is InChI=1S/C22H25ClN2O2/c1-15(2)18-4-3-5-20(14-18)24-21(26)16-10-12-25(13-11-16)22(27)17-6-8-19(23)9-7-17/h3-9,14-16H,10-13H2,1-2H3,(H,24,26). The molecule has 2 amide bonds. The number of likely N-dealkylation sites (tertiary alicyclic amines) is 1. The second-order valence-corrected chi connectivity index (χ2v) is 7.78. The van der Waals surface area contributed by atoms with E-state index in [9.17, 15) is 9.59 Å². The first kappa shape index (κ1) is 19.4. The SMILES string of the molecule is CC(C)c1cccc(NC(=O)C2CCN(C(=O)c3ccc(Cl)cc3)CC2)c1. The number of rotatable bonds is 4. The molecule has 4 nitrogen and oxygen atoms in total. The van der Waals surface area contributed by atoms with Crippen LogP contribution >= 0.6 is 11.6 Å². The van der Waals surface area contributed by atoms with E-state index in [0.717, 1.165) is 5.69 Å². The molecule has 1 aliphatic rings. The molecule has 0 atom stereocenters. The lowest BCUT2D eigenvalue weighted by atomic mass is 9.95. The van der Waals surface area contributed by atoms with Gasteiger partial charge in [0.15, 0.2) is 0 Å². The average Bonchev–Trinajstić information content (AvgIpc) is 2.68. The van der Waals surface area contributed by atoms with E-state index in [2.05, 4.69) is 25.2 Å². The third kappa shape index (κ3) is 4.89. The molecule has 5 heteroatoms. The molecule has 0 bridgehead atoms. The maximum atomic E-state index is 12.6. The summed E-state index contributed by atoms with van der Waals surface area (Å²) in [6, 6.07) is 14.9. The van der Waals surface area contributed by atoms with Crippen molar-refractivity contribution in [3.63, 3.8) is 0 Å². The topological polar surface area (TPSA) is 49.4 Å². The van der Waals surface area contributed by atoms with E-state index in [-0.39, 0.29) is 17.7 Å². The molecule has 0 aliphatic carbocycles. The Bertz CT molecular complexity index is 809. The summed E-state index contributed by atoms with van der Waals surface area (Å²) in [6.07, 6.45) is 1.35. The van der Waals surface area contributed by atoms with Gasteiger partial charge in [-0.2, -0.15) is 0 Å². The molecule has 0 saturated carbocycles. The number of nitrogens with one attached hydrogen (secondary N) is 1. The Morgan fingerprint density at radius 3 is 2.37 bits per heavy atom. The summed E-state index contributed by atoms with van der Waals surface area (Å²) < 4.78 is 0. The maximum absolute atomic E-state index is 12.6. The van der Waals surface area contributed by atoms with Crippen molar-refractivity contribution in [2.24, 2.45) is 5.92 Å². The van der Waals surface area contributed by atoms with E-state index < -0.39 is 0 Å². The summed E-state index contributed by atoms with van der Waals surface area (Å²) in [5.41, 5.74) is 2.68. The molecular formula is C22H25ClN2O2. The van der Waals surface area contributed by atoms with E-state index in [1.807, 2.05) is 23.1 Å². The van der Waals surface area contributed by atoms with E-state index in [1.54, 1.807) is 24.3 Å². The molecule has 2 aromatic rings. The zero-order chi connectivity index (χ0) is 19.4. The van der Waals surface area contributed by atoms with Crippen LogP contribution in [-0.2, 0) is 4.79 Å². The van der Waals surface area contributed by atoms with Crippen molar-refractivity contribution in [3.8, 4) is 0 Å². The molecule has 1 fully saturated rings. The molecule has 0 unspecified atom stereocenters. The minimum Gasteiger partial charge on any atom is -0.339 e. The van der Waals surface area contributed by atoms with Gasteiger partial charge in [-0.05, 0) is 60.7 Å². The van der Waals surface area contributed by atoms with Gasteiger partial charge in [0.05, 0.1) is 0 Å². The van der Waals surface area contributed by atoms with Gasteiger partial charge in [-0.3, -0.25) is 9.59 Å². The van der Waals surface area contributed by atoms with Gasteiger partial charge in [0.1, 0.15) is 0 Å². The lowest BCUT2D eigenvalue weighted by Gasteiger charge is -2.31. The number of hydrogen-bond donors (Lipinski definition) is 1. The second-order valence-electron chi connectivity index (χ2n) is 7.34. The first-order valence-corrected chi connectivity index (χ1v) is 9.77. The van der Waals surface area contributed by atoms with Gasteiger partial charge in [0.2, 0.25) is 5.91 Å². The quantitative estimate of drug-likeness (QED) is 0.810. The van der Waals surface area contributed by atoms with Gasteiger partial charge in [0.25, 0.3) is 5.91 Å². The number of carbonyl (C=O) groups is 2. The summed E-state index contributed by atoms with van der Waals surface area (Å²) >= 11 is 5.88. The Kier molecular flexibility index (Phi) is 6.17. The highest BCUT2D eigenvalue weighted by Crippen LogP contribution is 2.23. The number of piperidine rings is 1. The number of benzene rings is 2. The number of amides is 2. The Labute approximate surface area is 165 Å². The number of nitrogens with zero attached hydrogens (tertiary/aromatic N) is 1. The Balaban J connectivity index is 1.55. The normalized spacial score (nSPS) is 15.0. The largest absolute Gasteiger partial charge is 0.339 e. The van der Waals surface area contributed by atoms with Crippen molar-refractivity contribution in [2.75, 3.05) is 18.4 Å². The highest BCUT2D eigenvalue weighted by Gasteiger charge is 2.28. The Morgan fingerprint density at radius 2 is 1.74 bits per heavy atom. The Morgan fingerprint density at radius 1 is 1.07 bits per heavy atom. The lowest BCUT2D eigenvalue weighted by molar-refractivity contribution is -0.121. The molecule has 0 radical (unpaired) electrons. The van der Waals surface area contributed by atoms with Crippen LogP contribution in [0.4, 0.5) is 5.69 Å². The van der Waals surface area contributed by atoms with Crippen LogP contribution in [0.3, 0.4) is 0 Å². The van der Waals surface area contributed by atoms with Gasteiger partial charge in [-0.25, -0.2) is 0 Å². The van der Waals surface area contributed by atoms with Crippen LogP contribution in [0.1, 0.15) is 48.5 Å². The zero-order valence-electron chi connectivity index (χ0n) is 15.7. The van der Waals surface area contributed by atoms with Gasteiger partial charge >= 0.3 is 0 Å². The summed E-state index contributed by atoms with van der Waals surface area (Å²) in [4.78, 5) is 27.0. The molecule has 2 aromatic carbocycles. The van der Waals surface area contributed by atoms with Gasteiger partial charge in [-0.1, -0.05) is 37.6 Å². The van der Waals surface area contributed by atoms with Gasteiger partial charge < -0.3 is 10.2 Å². The predicted octanol–water partition coefficient (Wildman–Crippen LogP) is 4.95. The monoisotopic (exact) mass is 384 g/mol. The second kappa shape index (κ2) is 8.57. The van der Waals surface area contributed by atoms with Crippen molar-refractivity contribution in [3.05, 3.63) is 64.7 Å². The number of carbonyl (C=O) groups excluding carboxylic acids is 2. The molecule has 27 heavy (non-hydrogen) atoms. The summed E-state index contributed by atoms with van der Waals surface area (Å²) in [7, 11) is 0. The number of anilines is 1. The van der Waals surface area contributed by atoms with Crippen LogP contribution < -0.4 is 5.32 Å². The van der Waals surface area contributed by atoms with Crippen molar-refractivity contribution in [1.29, 1.82) is 0 Å². The molecule has 1 heterocycles. The van der Waals surface area contributed by atoms with E-state index >= 15 is 0 Å². The van der Waals surface area contributed by atoms with E-state index in [0.29, 0.717) is 42.4 Å². The zero-order valence-corrected chi connectivity index (χ0v) is 16.5. The fourth-order valence-corrected chi connectivity index (χ4v) is 3.47. The highest BCUT2D eigenvalue weighted by atomic mass is 35.5. The molecule has 1 N–H and O–H groups in total. The van der Waals surface area contributed by atoms with Crippen molar-refractivity contribution in [1.82, 2.24) is 4.90 Å². The van der Waals surface area contributed by atoms with Crippen LogP contribution in [0.5, 0.6) is 0 Å². The molecule has 1 saturated heterocycles. The predicted molar refractivity (Wildman–Crippen MR) is 109 cm³/mol.